The Hall–Kier alpha value is -1.35. The van der Waals surface area contributed by atoms with Crippen LogP contribution in [0, 0.1) is 5.92 Å². The molecular weight excluding hydrogens is 240 g/mol. The molecule has 0 fully saturated rings. The highest BCUT2D eigenvalue weighted by Gasteiger charge is 2.23. The molecule has 3 heteroatoms. The summed E-state index contributed by atoms with van der Waals surface area (Å²) in [6.07, 6.45) is 1.58. The molecule has 0 aliphatic heterocycles. The Morgan fingerprint density at radius 3 is 2.37 bits per heavy atom. The summed E-state index contributed by atoms with van der Waals surface area (Å²) in [5, 5.41) is 9.42. The molecule has 3 nitrogen and oxygen atoms in total. The number of aliphatic hydroxyl groups is 1. The van der Waals surface area contributed by atoms with Gasteiger partial charge >= 0.3 is 0 Å². The first kappa shape index (κ1) is 15.7. The second-order valence-electron chi connectivity index (χ2n) is 4.71. The molecule has 1 atom stereocenters. The number of rotatable bonds is 7. The number of ether oxygens (including phenoxy) is 1. The van der Waals surface area contributed by atoms with Crippen molar-refractivity contribution in [2.45, 2.75) is 47.1 Å². The quantitative estimate of drug-likeness (QED) is 0.768. The molecule has 106 valence electrons. The maximum Gasteiger partial charge on any atom is 0.169 e. The summed E-state index contributed by atoms with van der Waals surface area (Å²) < 4.78 is 5.64. The van der Waals surface area contributed by atoms with E-state index in [4.69, 9.17) is 4.74 Å². The average molecular weight is 264 g/mol. The standard InChI is InChI=1S/C16H24O3/c1-5-11(4)15(18)14-12(6-2)8-9-13(10-17)16(14)19-7-3/h8-9,11,17H,5-7,10H2,1-4H3. The number of aryl methyl sites for hydroxylation is 1. The smallest absolute Gasteiger partial charge is 0.169 e. The molecule has 0 aliphatic carbocycles. The molecule has 0 spiro atoms. The molecular formula is C16H24O3. The van der Waals surface area contributed by atoms with Gasteiger partial charge in [-0.05, 0) is 25.3 Å². The van der Waals surface area contributed by atoms with E-state index in [-0.39, 0.29) is 18.3 Å². The summed E-state index contributed by atoms with van der Waals surface area (Å²) in [7, 11) is 0. The SMILES string of the molecule is CCOc1c(CO)ccc(CC)c1C(=O)C(C)CC. The summed E-state index contributed by atoms with van der Waals surface area (Å²) in [4.78, 5) is 12.6. The van der Waals surface area contributed by atoms with E-state index >= 15 is 0 Å². The minimum Gasteiger partial charge on any atom is -0.493 e. The Labute approximate surface area is 115 Å². The largest absolute Gasteiger partial charge is 0.493 e. The highest BCUT2D eigenvalue weighted by atomic mass is 16.5. The fraction of sp³-hybridized carbons (Fsp3) is 0.562. The first-order valence-electron chi connectivity index (χ1n) is 7.03. The number of benzene rings is 1. The Balaban J connectivity index is 3.41. The molecule has 1 aromatic carbocycles. The fourth-order valence-electron chi connectivity index (χ4n) is 2.10. The predicted octanol–water partition coefficient (Wildman–Crippen LogP) is 3.37. The van der Waals surface area contributed by atoms with E-state index < -0.39 is 0 Å². The van der Waals surface area contributed by atoms with Gasteiger partial charge in [-0.25, -0.2) is 0 Å². The Morgan fingerprint density at radius 2 is 1.89 bits per heavy atom. The van der Waals surface area contributed by atoms with Crippen LogP contribution in [0.3, 0.4) is 0 Å². The molecule has 0 bridgehead atoms. The summed E-state index contributed by atoms with van der Waals surface area (Å²) >= 11 is 0. The zero-order chi connectivity index (χ0) is 14.4. The third-order valence-electron chi connectivity index (χ3n) is 3.47. The minimum atomic E-state index is -0.111. The Morgan fingerprint density at radius 1 is 1.26 bits per heavy atom. The zero-order valence-electron chi connectivity index (χ0n) is 12.3. The second-order valence-corrected chi connectivity index (χ2v) is 4.71. The van der Waals surface area contributed by atoms with E-state index in [1.807, 2.05) is 39.8 Å². The molecule has 0 radical (unpaired) electrons. The normalized spacial score (nSPS) is 12.3. The molecule has 0 aromatic heterocycles. The van der Waals surface area contributed by atoms with Crippen molar-refractivity contribution in [3.63, 3.8) is 0 Å². The maximum absolute atomic E-state index is 12.6. The van der Waals surface area contributed by atoms with E-state index in [0.29, 0.717) is 23.5 Å². The predicted molar refractivity (Wildman–Crippen MR) is 76.7 cm³/mol. The second kappa shape index (κ2) is 7.29. The van der Waals surface area contributed by atoms with E-state index in [1.54, 1.807) is 0 Å². The highest BCUT2D eigenvalue weighted by molar-refractivity contribution is 6.01. The van der Waals surface area contributed by atoms with Crippen molar-refractivity contribution in [3.05, 3.63) is 28.8 Å². The van der Waals surface area contributed by atoms with E-state index in [1.165, 1.54) is 0 Å². The number of aliphatic hydroxyl groups excluding tert-OH is 1. The molecule has 19 heavy (non-hydrogen) atoms. The number of carbonyl (C=O) groups is 1. The monoisotopic (exact) mass is 264 g/mol. The summed E-state index contributed by atoms with van der Waals surface area (Å²) in [5.74, 6) is 0.645. The third-order valence-corrected chi connectivity index (χ3v) is 3.47. The average Bonchev–Trinajstić information content (AvgIpc) is 2.45. The van der Waals surface area contributed by atoms with Gasteiger partial charge in [-0.1, -0.05) is 32.9 Å². The van der Waals surface area contributed by atoms with Crippen LogP contribution in [0.2, 0.25) is 0 Å². The van der Waals surface area contributed by atoms with Crippen molar-refractivity contribution in [1.29, 1.82) is 0 Å². The Bertz CT molecular complexity index is 438. The number of carbonyl (C=O) groups excluding carboxylic acids is 1. The van der Waals surface area contributed by atoms with Crippen LogP contribution in [0.5, 0.6) is 5.75 Å². The maximum atomic E-state index is 12.6. The lowest BCUT2D eigenvalue weighted by molar-refractivity contribution is 0.0922. The third kappa shape index (κ3) is 3.35. The molecule has 0 saturated carbocycles. The zero-order valence-corrected chi connectivity index (χ0v) is 12.3. The Kier molecular flexibility index (Phi) is 6.03. The van der Waals surface area contributed by atoms with Gasteiger partial charge in [0.05, 0.1) is 18.8 Å². The lowest BCUT2D eigenvalue weighted by atomic mass is 9.90. The van der Waals surface area contributed by atoms with Crippen molar-refractivity contribution in [3.8, 4) is 5.75 Å². The van der Waals surface area contributed by atoms with Crippen molar-refractivity contribution in [2.24, 2.45) is 5.92 Å². The van der Waals surface area contributed by atoms with Gasteiger partial charge in [0.25, 0.3) is 0 Å². The molecule has 0 saturated heterocycles. The molecule has 0 heterocycles. The summed E-state index contributed by atoms with van der Waals surface area (Å²) in [6.45, 7) is 8.23. The summed E-state index contributed by atoms with van der Waals surface area (Å²) in [6, 6.07) is 3.76. The van der Waals surface area contributed by atoms with E-state index in [0.717, 1.165) is 18.4 Å². The number of hydrogen-bond acceptors (Lipinski definition) is 3. The first-order chi connectivity index (χ1) is 9.10. The van der Waals surface area contributed by atoms with Gasteiger partial charge in [0.2, 0.25) is 0 Å². The van der Waals surface area contributed by atoms with Gasteiger partial charge in [0, 0.05) is 11.5 Å². The van der Waals surface area contributed by atoms with Gasteiger partial charge in [-0.15, -0.1) is 0 Å². The van der Waals surface area contributed by atoms with Crippen molar-refractivity contribution in [2.75, 3.05) is 6.61 Å². The lowest BCUT2D eigenvalue weighted by Crippen LogP contribution is -2.16. The van der Waals surface area contributed by atoms with Gasteiger partial charge in [-0.2, -0.15) is 0 Å². The van der Waals surface area contributed by atoms with E-state index in [9.17, 15) is 9.90 Å². The van der Waals surface area contributed by atoms with Crippen LogP contribution in [-0.2, 0) is 13.0 Å². The summed E-state index contributed by atoms with van der Waals surface area (Å²) in [5.41, 5.74) is 2.34. The van der Waals surface area contributed by atoms with Gasteiger partial charge in [0.15, 0.2) is 5.78 Å². The van der Waals surface area contributed by atoms with Crippen LogP contribution in [-0.4, -0.2) is 17.5 Å². The highest BCUT2D eigenvalue weighted by Crippen LogP contribution is 2.31. The topological polar surface area (TPSA) is 46.5 Å². The van der Waals surface area contributed by atoms with Crippen LogP contribution in [0.25, 0.3) is 0 Å². The fourth-order valence-corrected chi connectivity index (χ4v) is 2.10. The van der Waals surface area contributed by atoms with Gasteiger partial charge in [-0.3, -0.25) is 4.79 Å². The lowest BCUT2D eigenvalue weighted by Gasteiger charge is -2.18. The minimum absolute atomic E-state index is 0.0292. The van der Waals surface area contributed by atoms with Crippen LogP contribution in [0.4, 0.5) is 0 Å². The molecule has 1 rings (SSSR count). The number of ketones is 1. The first-order valence-corrected chi connectivity index (χ1v) is 7.03. The van der Waals surface area contributed by atoms with Crippen LogP contribution < -0.4 is 4.74 Å². The van der Waals surface area contributed by atoms with Crippen LogP contribution in [0.1, 0.15) is 55.6 Å². The molecule has 0 aliphatic rings. The number of hydrogen-bond donors (Lipinski definition) is 1. The molecule has 1 aromatic rings. The molecule has 0 amide bonds. The van der Waals surface area contributed by atoms with E-state index in [2.05, 4.69) is 0 Å². The van der Waals surface area contributed by atoms with Gasteiger partial charge < -0.3 is 9.84 Å². The molecule has 1 unspecified atom stereocenters. The van der Waals surface area contributed by atoms with Crippen LogP contribution >= 0.6 is 0 Å². The number of Topliss-reactive ketones (excluding diaryl/α,β-unsaturated/α-hetero) is 1. The van der Waals surface area contributed by atoms with Crippen molar-refractivity contribution >= 4 is 5.78 Å². The van der Waals surface area contributed by atoms with Gasteiger partial charge in [0.1, 0.15) is 5.75 Å². The van der Waals surface area contributed by atoms with Crippen molar-refractivity contribution in [1.82, 2.24) is 0 Å². The van der Waals surface area contributed by atoms with Crippen LogP contribution in [0.15, 0.2) is 12.1 Å². The molecule has 1 N–H and O–H groups in total. The van der Waals surface area contributed by atoms with Crippen molar-refractivity contribution < 1.29 is 14.6 Å².